The second-order valence-corrected chi connectivity index (χ2v) is 3.94. The van der Waals surface area contributed by atoms with Crippen LogP contribution in [-0.2, 0) is 4.74 Å². The summed E-state index contributed by atoms with van der Waals surface area (Å²) in [5.74, 6) is -0.668. The molecule has 0 unspecified atom stereocenters. The molecule has 0 saturated heterocycles. The highest BCUT2D eigenvalue weighted by Crippen LogP contribution is 2.26. The number of benzene rings is 1. The lowest BCUT2D eigenvalue weighted by atomic mass is 10.1. The van der Waals surface area contributed by atoms with Gasteiger partial charge in [0, 0.05) is 11.8 Å². The molecule has 0 bridgehead atoms. The van der Waals surface area contributed by atoms with Crippen molar-refractivity contribution in [3.8, 4) is 17.0 Å². The van der Waals surface area contributed by atoms with Gasteiger partial charge in [-0.1, -0.05) is 6.07 Å². The third-order valence-electron chi connectivity index (χ3n) is 2.61. The molecule has 4 nitrogen and oxygen atoms in total. The van der Waals surface area contributed by atoms with Crippen molar-refractivity contribution in [1.29, 1.82) is 0 Å². The van der Waals surface area contributed by atoms with Crippen LogP contribution in [0.4, 0.5) is 0 Å². The summed E-state index contributed by atoms with van der Waals surface area (Å²) in [6.07, 6.45) is 1.70. The standard InChI is InChI=1S/C14H13NO3/c1-9-5-6-15-12(7-9)10-3-4-11(13(16)8-10)14(17)18-2/h3-8,16H,1-2H3. The number of esters is 1. The molecule has 0 fully saturated rings. The SMILES string of the molecule is COC(=O)c1ccc(-c2cc(C)ccn2)cc1O. The van der Waals surface area contributed by atoms with Gasteiger partial charge in [-0.3, -0.25) is 4.98 Å². The molecule has 0 aliphatic heterocycles. The van der Waals surface area contributed by atoms with Gasteiger partial charge in [-0.25, -0.2) is 4.79 Å². The van der Waals surface area contributed by atoms with Crippen molar-refractivity contribution >= 4 is 5.97 Å². The second-order valence-electron chi connectivity index (χ2n) is 3.94. The molecule has 2 aromatic rings. The maximum absolute atomic E-state index is 11.3. The predicted octanol–water partition coefficient (Wildman–Crippen LogP) is 2.55. The van der Waals surface area contributed by atoms with Gasteiger partial charge in [-0.05, 0) is 36.8 Å². The normalized spacial score (nSPS) is 10.1. The first-order chi connectivity index (χ1) is 8.61. The van der Waals surface area contributed by atoms with Gasteiger partial charge in [0.15, 0.2) is 0 Å². The van der Waals surface area contributed by atoms with Crippen molar-refractivity contribution in [3.63, 3.8) is 0 Å². The van der Waals surface area contributed by atoms with Gasteiger partial charge in [0.25, 0.3) is 0 Å². The van der Waals surface area contributed by atoms with E-state index in [0.717, 1.165) is 16.8 Å². The minimum absolute atomic E-state index is 0.109. The zero-order chi connectivity index (χ0) is 13.1. The summed E-state index contributed by atoms with van der Waals surface area (Å²) < 4.78 is 4.57. The summed E-state index contributed by atoms with van der Waals surface area (Å²) in [5, 5.41) is 9.79. The van der Waals surface area contributed by atoms with Crippen molar-refractivity contribution in [2.24, 2.45) is 0 Å². The van der Waals surface area contributed by atoms with E-state index in [9.17, 15) is 9.90 Å². The number of pyridine rings is 1. The molecule has 1 aromatic carbocycles. The highest BCUT2D eigenvalue weighted by atomic mass is 16.5. The maximum Gasteiger partial charge on any atom is 0.341 e. The van der Waals surface area contributed by atoms with Gasteiger partial charge in [0.2, 0.25) is 0 Å². The average molecular weight is 243 g/mol. The second kappa shape index (κ2) is 4.87. The third-order valence-corrected chi connectivity index (χ3v) is 2.61. The van der Waals surface area contributed by atoms with Crippen LogP contribution in [-0.4, -0.2) is 23.2 Å². The van der Waals surface area contributed by atoms with Gasteiger partial charge in [-0.2, -0.15) is 0 Å². The van der Waals surface area contributed by atoms with Gasteiger partial charge >= 0.3 is 5.97 Å². The molecule has 0 atom stereocenters. The molecule has 0 saturated carbocycles. The van der Waals surface area contributed by atoms with Crippen molar-refractivity contribution in [1.82, 2.24) is 4.98 Å². The molecule has 2 rings (SSSR count). The first-order valence-electron chi connectivity index (χ1n) is 5.46. The minimum atomic E-state index is -0.559. The molecule has 0 radical (unpaired) electrons. The molecular weight excluding hydrogens is 230 g/mol. The van der Waals surface area contributed by atoms with E-state index >= 15 is 0 Å². The number of aryl methyl sites for hydroxylation is 1. The Balaban J connectivity index is 2.43. The topological polar surface area (TPSA) is 59.4 Å². The van der Waals surface area contributed by atoms with Crippen LogP contribution in [0.25, 0.3) is 11.3 Å². The van der Waals surface area contributed by atoms with Crippen LogP contribution in [0.15, 0.2) is 36.5 Å². The highest BCUT2D eigenvalue weighted by Gasteiger charge is 2.12. The molecule has 4 heteroatoms. The predicted molar refractivity (Wildman–Crippen MR) is 67.4 cm³/mol. The largest absolute Gasteiger partial charge is 0.507 e. The number of phenolic OH excluding ortho intramolecular Hbond substituents is 1. The van der Waals surface area contributed by atoms with Crippen molar-refractivity contribution in [2.45, 2.75) is 6.92 Å². The van der Waals surface area contributed by atoms with Crippen LogP contribution in [0.1, 0.15) is 15.9 Å². The molecule has 0 amide bonds. The first-order valence-corrected chi connectivity index (χ1v) is 5.46. The van der Waals surface area contributed by atoms with Crippen LogP contribution in [0.5, 0.6) is 5.75 Å². The number of methoxy groups -OCH3 is 1. The quantitative estimate of drug-likeness (QED) is 0.823. The number of aromatic nitrogens is 1. The van der Waals surface area contributed by atoms with Crippen LogP contribution in [0.3, 0.4) is 0 Å². The minimum Gasteiger partial charge on any atom is -0.507 e. The first kappa shape index (κ1) is 12.1. The van der Waals surface area contributed by atoms with Crippen LogP contribution in [0.2, 0.25) is 0 Å². The monoisotopic (exact) mass is 243 g/mol. The number of aromatic hydroxyl groups is 1. The Labute approximate surface area is 105 Å². The van der Waals surface area contributed by atoms with E-state index in [2.05, 4.69) is 9.72 Å². The van der Waals surface area contributed by atoms with Crippen molar-refractivity contribution < 1.29 is 14.6 Å². The molecule has 0 spiro atoms. The smallest absolute Gasteiger partial charge is 0.341 e. The molecule has 1 heterocycles. The summed E-state index contributed by atoms with van der Waals surface area (Å²) in [6, 6.07) is 8.57. The van der Waals surface area contributed by atoms with E-state index in [1.807, 2.05) is 19.1 Å². The summed E-state index contributed by atoms with van der Waals surface area (Å²) in [6.45, 7) is 1.97. The number of ether oxygens (including phenoxy) is 1. The van der Waals surface area contributed by atoms with Gasteiger partial charge in [0.05, 0.1) is 12.8 Å². The van der Waals surface area contributed by atoms with Gasteiger partial charge < -0.3 is 9.84 Å². The van der Waals surface area contributed by atoms with Crippen molar-refractivity contribution in [3.05, 3.63) is 47.7 Å². The molecular formula is C14H13NO3. The molecule has 0 aliphatic carbocycles. The van der Waals surface area contributed by atoms with E-state index in [1.165, 1.54) is 19.2 Å². The van der Waals surface area contributed by atoms with Gasteiger partial charge in [-0.15, -0.1) is 0 Å². The Morgan fingerprint density at radius 1 is 1.28 bits per heavy atom. The Morgan fingerprint density at radius 2 is 2.06 bits per heavy atom. The van der Waals surface area contributed by atoms with E-state index in [1.54, 1.807) is 12.3 Å². The molecule has 0 aliphatic rings. The van der Waals surface area contributed by atoms with Gasteiger partial charge in [0.1, 0.15) is 11.3 Å². The molecule has 92 valence electrons. The number of carbonyl (C=O) groups excluding carboxylic acids is 1. The van der Waals surface area contributed by atoms with E-state index in [4.69, 9.17) is 0 Å². The van der Waals surface area contributed by atoms with Crippen LogP contribution < -0.4 is 0 Å². The Morgan fingerprint density at radius 3 is 2.67 bits per heavy atom. The fraction of sp³-hybridized carbons (Fsp3) is 0.143. The number of phenols is 1. The fourth-order valence-electron chi connectivity index (χ4n) is 1.67. The van der Waals surface area contributed by atoms with E-state index in [0.29, 0.717) is 0 Å². The average Bonchev–Trinajstić information content (AvgIpc) is 2.37. The molecule has 18 heavy (non-hydrogen) atoms. The van der Waals surface area contributed by atoms with E-state index in [-0.39, 0.29) is 11.3 Å². The lowest BCUT2D eigenvalue weighted by molar-refractivity contribution is 0.0597. The van der Waals surface area contributed by atoms with Crippen LogP contribution >= 0.6 is 0 Å². The Hall–Kier alpha value is -2.36. The summed E-state index contributed by atoms with van der Waals surface area (Å²) in [4.78, 5) is 15.6. The highest BCUT2D eigenvalue weighted by molar-refractivity contribution is 5.93. The lowest BCUT2D eigenvalue weighted by Gasteiger charge is -2.06. The number of hydrogen-bond acceptors (Lipinski definition) is 4. The Bertz CT molecular complexity index is 593. The Kier molecular flexibility index (Phi) is 3.28. The molecule has 1 N–H and O–H groups in total. The fourth-order valence-corrected chi connectivity index (χ4v) is 1.67. The third kappa shape index (κ3) is 2.32. The molecule has 1 aromatic heterocycles. The maximum atomic E-state index is 11.3. The summed E-state index contributed by atoms with van der Waals surface area (Å²) in [7, 11) is 1.28. The zero-order valence-corrected chi connectivity index (χ0v) is 10.2. The number of rotatable bonds is 2. The summed E-state index contributed by atoms with van der Waals surface area (Å²) in [5.41, 5.74) is 2.73. The number of carbonyl (C=O) groups is 1. The zero-order valence-electron chi connectivity index (χ0n) is 10.2. The number of nitrogens with zero attached hydrogens (tertiary/aromatic N) is 1. The lowest BCUT2D eigenvalue weighted by Crippen LogP contribution is -2.01. The van der Waals surface area contributed by atoms with Crippen LogP contribution in [0, 0.1) is 6.92 Å². The van der Waals surface area contributed by atoms with E-state index < -0.39 is 5.97 Å². The summed E-state index contributed by atoms with van der Waals surface area (Å²) >= 11 is 0. The van der Waals surface area contributed by atoms with Crippen molar-refractivity contribution in [2.75, 3.05) is 7.11 Å². The number of hydrogen-bond donors (Lipinski definition) is 1.